The summed E-state index contributed by atoms with van der Waals surface area (Å²) >= 11 is 0. The highest BCUT2D eigenvalue weighted by Gasteiger charge is 2.38. The maximum atomic E-state index is 11.7. The van der Waals surface area contributed by atoms with Crippen LogP contribution in [0.3, 0.4) is 0 Å². The number of β-amino-alcohol motifs (C(OH)–C–C–N with tert-alkyl or cyclic N) is 1. The van der Waals surface area contributed by atoms with Gasteiger partial charge in [-0.05, 0) is 27.7 Å². The Balaban J connectivity index is 2.55. The Kier molecular flexibility index (Phi) is 3.80. The van der Waals surface area contributed by atoms with E-state index in [-0.39, 0.29) is 12.5 Å². The molecular weight excluding hydrogens is 210 g/mol. The summed E-state index contributed by atoms with van der Waals surface area (Å²) in [5.41, 5.74) is -0.537. The predicted molar refractivity (Wildman–Crippen MR) is 59.0 cm³/mol. The van der Waals surface area contributed by atoms with E-state index in [0.29, 0.717) is 6.54 Å². The van der Waals surface area contributed by atoms with Crippen LogP contribution in [0.4, 0.5) is 4.79 Å². The summed E-state index contributed by atoms with van der Waals surface area (Å²) in [4.78, 5) is 13.1. The quantitative estimate of drug-likeness (QED) is 0.693. The van der Waals surface area contributed by atoms with Crippen LogP contribution >= 0.6 is 0 Å². The maximum absolute atomic E-state index is 11.7. The van der Waals surface area contributed by atoms with E-state index in [1.54, 1.807) is 27.7 Å². The van der Waals surface area contributed by atoms with Gasteiger partial charge in [0, 0.05) is 12.5 Å². The number of nitrogens with zero attached hydrogens (tertiary/aromatic N) is 1. The molecule has 1 heterocycles. The van der Waals surface area contributed by atoms with Crippen molar-refractivity contribution in [3.05, 3.63) is 0 Å². The van der Waals surface area contributed by atoms with Crippen LogP contribution in [0.25, 0.3) is 0 Å². The van der Waals surface area contributed by atoms with Gasteiger partial charge in [-0.2, -0.15) is 0 Å². The van der Waals surface area contributed by atoms with Gasteiger partial charge in [-0.15, -0.1) is 0 Å². The Morgan fingerprint density at radius 1 is 1.44 bits per heavy atom. The summed E-state index contributed by atoms with van der Waals surface area (Å²) in [6.45, 7) is 7.57. The molecule has 0 aromatic heterocycles. The number of likely N-dealkylation sites (tertiary alicyclic amines) is 1. The molecule has 1 saturated heterocycles. The Bertz CT molecular complexity index is 259. The van der Waals surface area contributed by atoms with Crippen molar-refractivity contribution in [2.24, 2.45) is 5.92 Å². The first-order chi connectivity index (χ1) is 7.20. The van der Waals surface area contributed by atoms with Crippen LogP contribution in [0, 0.1) is 5.92 Å². The normalized spacial score (nSPS) is 28.0. The number of carbonyl (C=O) groups is 1. The van der Waals surface area contributed by atoms with Crippen molar-refractivity contribution in [2.45, 2.75) is 45.5 Å². The zero-order chi connectivity index (χ0) is 12.5. The summed E-state index contributed by atoms with van der Waals surface area (Å²) in [5, 5.41) is 19.1. The van der Waals surface area contributed by atoms with Crippen molar-refractivity contribution in [1.82, 2.24) is 4.90 Å². The second-order valence-corrected chi connectivity index (χ2v) is 5.36. The fourth-order valence-electron chi connectivity index (χ4n) is 1.76. The molecule has 0 bridgehead atoms. The first kappa shape index (κ1) is 13.3. The molecule has 16 heavy (non-hydrogen) atoms. The van der Waals surface area contributed by atoms with Gasteiger partial charge < -0.3 is 19.8 Å². The average Bonchev–Trinajstić information content (AvgIpc) is 2.44. The van der Waals surface area contributed by atoms with Gasteiger partial charge in [0.25, 0.3) is 0 Å². The number of hydrogen-bond donors (Lipinski definition) is 2. The zero-order valence-electron chi connectivity index (χ0n) is 10.3. The zero-order valence-corrected chi connectivity index (χ0v) is 10.3. The van der Waals surface area contributed by atoms with Crippen LogP contribution in [-0.2, 0) is 4.74 Å². The number of aliphatic hydroxyl groups is 2. The van der Waals surface area contributed by atoms with E-state index in [4.69, 9.17) is 4.74 Å². The standard InChI is InChI=1S/C11H21NO4/c1-7(13)8-5-12(6-9(8)14)10(15)16-11(2,3)4/h7-9,13-14H,5-6H2,1-4H3/t7-,8+,9?/m0/s1. The van der Waals surface area contributed by atoms with E-state index in [1.165, 1.54) is 4.90 Å². The van der Waals surface area contributed by atoms with E-state index in [1.807, 2.05) is 0 Å². The van der Waals surface area contributed by atoms with Gasteiger partial charge in [0.15, 0.2) is 0 Å². The molecular formula is C11H21NO4. The van der Waals surface area contributed by atoms with Crippen molar-refractivity contribution in [2.75, 3.05) is 13.1 Å². The van der Waals surface area contributed by atoms with Crippen molar-refractivity contribution in [3.63, 3.8) is 0 Å². The molecule has 0 spiro atoms. The van der Waals surface area contributed by atoms with Crippen molar-refractivity contribution in [3.8, 4) is 0 Å². The van der Waals surface area contributed by atoms with Crippen molar-refractivity contribution in [1.29, 1.82) is 0 Å². The third-order valence-electron chi connectivity index (χ3n) is 2.60. The minimum Gasteiger partial charge on any atom is -0.444 e. The molecule has 5 nitrogen and oxygen atoms in total. The van der Waals surface area contributed by atoms with Gasteiger partial charge in [-0.25, -0.2) is 4.79 Å². The van der Waals surface area contributed by atoms with Gasteiger partial charge in [0.2, 0.25) is 0 Å². The predicted octanol–water partition coefficient (Wildman–Crippen LogP) is 0.595. The third-order valence-corrected chi connectivity index (χ3v) is 2.60. The SMILES string of the molecule is C[C@H](O)[C@H]1CN(C(=O)OC(C)(C)C)CC1O. The fourth-order valence-corrected chi connectivity index (χ4v) is 1.76. The lowest BCUT2D eigenvalue weighted by atomic mass is 10.0. The van der Waals surface area contributed by atoms with Crippen LogP contribution in [-0.4, -0.2) is 52.1 Å². The molecule has 1 amide bonds. The van der Waals surface area contributed by atoms with Crippen LogP contribution in [0.2, 0.25) is 0 Å². The minimum atomic E-state index is -0.674. The first-order valence-electron chi connectivity index (χ1n) is 5.55. The highest BCUT2D eigenvalue weighted by Crippen LogP contribution is 2.22. The lowest BCUT2D eigenvalue weighted by Crippen LogP contribution is -2.36. The van der Waals surface area contributed by atoms with E-state index in [2.05, 4.69) is 0 Å². The molecule has 0 aliphatic carbocycles. The van der Waals surface area contributed by atoms with E-state index in [0.717, 1.165) is 0 Å². The highest BCUT2D eigenvalue weighted by atomic mass is 16.6. The molecule has 0 aromatic carbocycles. The molecule has 94 valence electrons. The van der Waals surface area contributed by atoms with Crippen molar-refractivity contribution >= 4 is 6.09 Å². The molecule has 0 saturated carbocycles. The lowest BCUT2D eigenvalue weighted by molar-refractivity contribution is 0.0268. The Morgan fingerprint density at radius 2 is 2.00 bits per heavy atom. The topological polar surface area (TPSA) is 70.0 Å². The molecule has 1 unspecified atom stereocenters. The van der Waals surface area contributed by atoms with Crippen LogP contribution < -0.4 is 0 Å². The Morgan fingerprint density at radius 3 is 2.38 bits per heavy atom. The monoisotopic (exact) mass is 231 g/mol. The molecule has 2 N–H and O–H groups in total. The van der Waals surface area contributed by atoms with Crippen LogP contribution in [0.5, 0.6) is 0 Å². The lowest BCUT2D eigenvalue weighted by Gasteiger charge is -2.24. The molecule has 5 heteroatoms. The highest BCUT2D eigenvalue weighted by molar-refractivity contribution is 5.68. The van der Waals surface area contributed by atoms with Gasteiger partial charge in [-0.3, -0.25) is 0 Å². The molecule has 0 radical (unpaired) electrons. The van der Waals surface area contributed by atoms with E-state index in [9.17, 15) is 15.0 Å². The summed E-state index contributed by atoms with van der Waals surface area (Å²) < 4.78 is 5.19. The van der Waals surface area contributed by atoms with Gasteiger partial charge in [0.1, 0.15) is 5.60 Å². The van der Waals surface area contributed by atoms with E-state index < -0.39 is 23.9 Å². The molecule has 1 aliphatic heterocycles. The molecule has 3 atom stereocenters. The molecule has 1 rings (SSSR count). The van der Waals surface area contributed by atoms with Crippen molar-refractivity contribution < 1.29 is 19.7 Å². The number of ether oxygens (including phenoxy) is 1. The van der Waals surface area contributed by atoms with Gasteiger partial charge in [0.05, 0.1) is 18.8 Å². The Hall–Kier alpha value is -0.810. The van der Waals surface area contributed by atoms with Gasteiger partial charge in [-0.1, -0.05) is 0 Å². The smallest absolute Gasteiger partial charge is 0.410 e. The number of rotatable bonds is 1. The minimum absolute atomic E-state index is 0.227. The number of hydrogen-bond acceptors (Lipinski definition) is 4. The summed E-state index contributed by atoms with van der Waals surface area (Å²) in [7, 11) is 0. The number of carbonyl (C=O) groups excluding carboxylic acids is 1. The van der Waals surface area contributed by atoms with Crippen LogP contribution in [0.1, 0.15) is 27.7 Å². The second kappa shape index (κ2) is 4.59. The Labute approximate surface area is 96.0 Å². The maximum Gasteiger partial charge on any atom is 0.410 e. The first-order valence-corrected chi connectivity index (χ1v) is 5.55. The summed E-state index contributed by atoms with van der Waals surface area (Å²) in [6, 6.07) is 0. The third kappa shape index (κ3) is 3.35. The van der Waals surface area contributed by atoms with Gasteiger partial charge >= 0.3 is 6.09 Å². The average molecular weight is 231 g/mol. The number of amides is 1. The summed E-state index contributed by atoms with van der Waals surface area (Å²) in [5.74, 6) is -0.285. The molecule has 0 aromatic rings. The summed E-state index contributed by atoms with van der Waals surface area (Å²) in [6.07, 6.45) is -1.73. The second-order valence-electron chi connectivity index (χ2n) is 5.36. The largest absolute Gasteiger partial charge is 0.444 e. The number of aliphatic hydroxyl groups excluding tert-OH is 2. The van der Waals surface area contributed by atoms with E-state index >= 15 is 0 Å². The molecule has 1 fully saturated rings. The van der Waals surface area contributed by atoms with Crippen LogP contribution in [0.15, 0.2) is 0 Å². The molecule has 1 aliphatic rings. The fraction of sp³-hybridized carbons (Fsp3) is 0.909.